The van der Waals surface area contributed by atoms with E-state index in [0.717, 1.165) is 22.8 Å². The molecule has 0 bridgehead atoms. The van der Waals surface area contributed by atoms with Crippen molar-refractivity contribution in [1.82, 2.24) is 29.7 Å². The molecule has 1 amide bonds. The second-order valence-corrected chi connectivity index (χ2v) is 6.97. The van der Waals surface area contributed by atoms with Gasteiger partial charge in [0.25, 0.3) is 5.91 Å². The summed E-state index contributed by atoms with van der Waals surface area (Å²) in [5, 5.41) is 7.77. The Labute approximate surface area is 166 Å². The van der Waals surface area contributed by atoms with Crippen molar-refractivity contribution in [2.24, 2.45) is 0 Å². The fourth-order valence-electron chi connectivity index (χ4n) is 3.61. The zero-order valence-corrected chi connectivity index (χ0v) is 15.9. The van der Waals surface area contributed by atoms with Crippen LogP contribution in [0.3, 0.4) is 0 Å². The molecule has 29 heavy (non-hydrogen) atoms. The highest BCUT2D eigenvalue weighted by molar-refractivity contribution is 5.96. The van der Waals surface area contributed by atoms with Crippen LogP contribution < -0.4 is 4.90 Å². The highest BCUT2D eigenvalue weighted by atomic mass is 16.6. The number of aryl methyl sites for hydroxylation is 1. The van der Waals surface area contributed by atoms with Crippen molar-refractivity contribution in [2.75, 3.05) is 31.1 Å². The van der Waals surface area contributed by atoms with E-state index < -0.39 is 0 Å². The highest BCUT2D eigenvalue weighted by Gasteiger charge is 2.25. The lowest BCUT2D eigenvalue weighted by atomic mass is 10.2. The minimum Gasteiger partial charge on any atom is -0.349 e. The zero-order valence-electron chi connectivity index (χ0n) is 15.9. The highest BCUT2D eigenvalue weighted by Crippen LogP contribution is 2.20. The molecule has 1 aliphatic rings. The normalized spacial score (nSPS) is 14.5. The summed E-state index contributed by atoms with van der Waals surface area (Å²) in [6, 6.07) is 11.7. The summed E-state index contributed by atoms with van der Waals surface area (Å²) in [4.78, 5) is 25.8. The first-order valence-electron chi connectivity index (χ1n) is 9.42. The number of piperazine rings is 1. The molecule has 1 aromatic carbocycles. The first kappa shape index (κ1) is 17.4. The van der Waals surface area contributed by atoms with Gasteiger partial charge in [-0.15, -0.1) is 0 Å². The molecule has 9 heteroatoms. The molecule has 9 nitrogen and oxygen atoms in total. The molecule has 4 aromatic rings. The Morgan fingerprint density at radius 3 is 2.55 bits per heavy atom. The van der Waals surface area contributed by atoms with Crippen LogP contribution in [0.2, 0.25) is 0 Å². The second-order valence-electron chi connectivity index (χ2n) is 6.97. The first-order chi connectivity index (χ1) is 14.2. The van der Waals surface area contributed by atoms with Gasteiger partial charge in [0.05, 0.1) is 5.56 Å². The maximum absolute atomic E-state index is 13.0. The number of rotatable bonds is 3. The number of imidazole rings is 1. The quantitative estimate of drug-likeness (QED) is 0.529. The number of aromatic nitrogens is 5. The van der Waals surface area contributed by atoms with Crippen molar-refractivity contribution in [3.05, 3.63) is 60.2 Å². The van der Waals surface area contributed by atoms with Crippen molar-refractivity contribution in [3.63, 3.8) is 0 Å². The molecule has 5 rings (SSSR count). The molecule has 0 N–H and O–H groups in total. The molecule has 0 radical (unpaired) electrons. The van der Waals surface area contributed by atoms with Gasteiger partial charge in [0.1, 0.15) is 17.5 Å². The van der Waals surface area contributed by atoms with Gasteiger partial charge in [0, 0.05) is 38.1 Å². The van der Waals surface area contributed by atoms with Crippen molar-refractivity contribution in [1.29, 1.82) is 0 Å². The van der Waals surface area contributed by atoms with Crippen molar-refractivity contribution in [3.8, 4) is 5.69 Å². The van der Waals surface area contributed by atoms with Gasteiger partial charge < -0.3 is 9.80 Å². The maximum atomic E-state index is 13.0. The molecular weight excluding hydrogens is 370 g/mol. The summed E-state index contributed by atoms with van der Waals surface area (Å²) in [6.45, 7) is 4.42. The van der Waals surface area contributed by atoms with Crippen molar-refractivity contribution >= 4 is 22.9 Å². The smallest absolute Gasteiger partial charge is 0.255 e. The summed E-state index contributed by atoms with van der Waals surface area (Å²) in [7, 11) is 0. The maximum Gasteiger partial charge on any atom is 0.255 e. The second kappa shape index (κ2) is 7.01. The fourth-order valence-corrected chi connectivity index (χ4v) is 3.61. The summed E-state index contributed by atoms with van der Waals surface area (Å²) in [5.41, 5.74) is 3.71. The molecule has 0 unspecified atom stereocenters. The lowest BCUT2D eigenvalue weighted by molar-refractivity contribution is 0.0746. The van der Waals surface area contributed by atoms with Crippen LogP contribution in [0.4, 0.5) is 5.82 Å². The van der Waals surface area contributed by atoms with Crippen LogP contribution in [-0.2, 0) is 0 Å². The average Bonchev–Trinajstić information content (AvgIpc) is 3.39. The van der Waals surface area contributed by atoms with E-state index in [1.165, 1.54) is 0 Å². The Kier molecular flexibility index (Phi) is 4.19. The predicted octanol–water partition coefficient (Wildman–Crippen LogP) is 2.07. The number of amides is 1. The third-order valence-electron chi connectivity index (χ3n) is 5.16. The van der Waals surface area contributed by atoms with Gasteiger partial charge in [-0.25, -0.2) is 14.6 Å². The predicted molar refractivity (Wildman–Crippen MR) is 106 cm³/mol. The molecule has 0 atom stereocenters. The summed E-state index contributed by atoms with van der Waals surface area (Å²) >= 11 is 0. The number of hydrogen-bond donors (Lipinski definition) is 0. The SMILES string of the molecule is Cc1nonc1N1CCN(C(=O)c2cnc3c(c2)ncn3-c2ccccc2)CC1. The summed E-state index contributed by atoms with van der Waals surface area (Å²) in [5.74, 6) is 0.704. The number of pyridine rings is 1. The lowest BCUT2D eigenvalue weighted by Gasteiger charge is -2.34. The molecule has 1 aliphatic heterocycles. The van der Waals surface area contributed by atoms with E-state index in [2.05, 4.69) is 25.2 Å². The Balaban J connectivity index is 1.33. The number of benzene rings is 1. The summed E-state index contributed by atoms with van der Waals surface area (Å²) < 4.78 is 6.69. The molecule has 1 saturated heterocycles. The van der Waals surface area contributed by atoms with Crippen LogP contribution in [0.5, 0.6) is 0 Å². The molecule has 0 saturated carbocycles. The molecular formula is C20H19N7O2. The minimum absolute atomic E-state index is 0.0386. The van der Waals surface area contributed by atoms with E-state index in [1.807, 2.05) is 52.8 Å². The van der Waals surface area contributed by atoms with Crippen molar-refractivity contribution < 1.29 is 9.42 Å². The third kappa shape index (κ3) is 3.10. The van der Waals surface area contributed by atoms with Crippen LogP contribution in [0.1, 0.15) is 16.1 Å². The zero-order chi connectivity index (χ0) is 19.8. The fraction of sp³-hybridized carbons (Fsp3) is 0.250. The van der Waals surface area contributed by atoms with E-state index in [0.29, 0.717) is 37.3 Å². The molecule has 0 aliphatic carbocycles. The number of fused-ring (bicyclic) bond motifs is 1. The number of carbonyl (C=O) groups excluding carboxylic acids is 1. The Hall–Kier alpha value is -3.75. The number of nitrogens with zero attached hydrogens (tertiary/aromatic N) is 7. The van der Waals surface area contributed by atoms with E-state index in [1.54, 1.807) is 12.5 Å². The first-order valence-corrected chi connectivity index (χ1v) is 9.42. The number of para-hydroxylation sites is 1. The monoisotopic (exact) mass is 389 g/mol. The molecule has 1 fully saturated rings. The number of carbonyl (C=O) groups is 1. The molecule has 3 aromatic heterocycles. The minimum atomic E-state index is -0.0386. The summed E-state index contributed by atoms with van der Waals surface area (Å²) in [6.07, 6.45) is 3.36. The van der Waals surface area contributed by atoms with Gasteiger partial charge in [-0.2, -0.15) is 0 Å². The van der Waals surface area contributed by atoms with Gasteiger partial charge in [0.15, 0.2) is 11.5 Å². The molecule has 0 spiro atoms. The Morgan fingerprint density at radius 2 is 1.83 bits per heavy atom. The van der Waals surface area contributed by atoms with Gasteiger partial charge in [-0.3, -0.25) is 9.36 Å². The van der Waals surface area contributed by atoms with Crippen LogP contribution in [-0.4, -0.2) is 61.8 Å². The van der Waals surface area contributed by atoms with E-state index in [9.17, 15) is 4.79 Å². The lowest BCUT2D eigenvalue weighted by Crippen LogP contribution is -2.49. The number of anilines is 1. The van der Waals surface area contributed by atoms with Gasteiger partial charge in [0.2, 0.25) is 0 Å². The van der Waals surface area contributed by atoms with Crippen molar-refractivity contribution in [2.45, 2.75) is 6.92 Å². The van der Waals surface area contributed by atoms with Gasteiger partial charge in [-0.05, 0) is 30.3 Å². The van der Waals surface area contributed by atoms with E-state index in [4.69, 9.17) is 4.63 Å². The standard InChI is InChI=1S/C20H19N7O2/c1-14-18(24-29-23-14)25-7-9-26(10-8-25)20(28)15-11-17-19(21-12-15)27(13-22-17)16-5-3-2-4-6-16/h2-6,11-13H,7-10H2,1H3. The van der Waals surface area contributed by atoms with Gasteiger partial charge in [-0.1, -0.05) is 23.4 Å². The average molecular weight is 389 g/mol. The molecule has 4 heterocycles. The van der Waals surface area contributed by atoms with Crippen LogP contribution in [0, 0.1) is 6.92 Å². The van der Waals surface area contributed by atoms with Crippen LogP contribution in [0.15, 0.2) is 53.6 Å². The Morgan fingerprint density at radius 1 is 1.03 bits per heavy atom. The van der Waals surface area contributed by atoms with E-state index in [-0.39, 0.29) is 5.91 Å². The third-order valence-corrected chi connectivity index (χ3v) is 5.16. The van der Waals surface area contributed by atoms with E-state index >= 15 is 0 Å². The van der Waals surface area contributed by atoms with Crippen LogP contribution in [0.25, 0.3) is 16.9 Å². The topological polar surface area (TPSA) is 93.2 Å². The number of hydrogen-bond acceptors (Lipinski definition) is 7. The molecule has 146 valence electrons. The van der Waals surface area contributed by atoms with Gasteiger partial charge >= 0.3 is 0 Å². The van der Waals surface area contributed by atoms with Crippen LogP contribution >= 0.6 is 0 Å². The Bertz CT molecular complexity index is 1160. The largest absolute Gasteiger partial charge is 0.349 e.